The molecule has 0 saturated heterocycles. The Morgan fingerprint density at radius 1 is 0.186 bits per heavy atom. The first-order chi connectivity index (χ1) is 21.2. The summed E-state index contributed by atoms with van der Waals surface area (Å²) >= 11 is 0. The number of unbranched alkanes of at least 4 members (excludes halogenated alkanes) is 30. The molecule has 43 heavy (non-hydrogen) atoms. The summed E-state index contributed by atoms with van der Waals surface area (Å²) in [4.78, 5) is 0. The minimum Gasteiger partial charge on any atom is -0.324 e. The monoisotopic (exact) mass is 607 g/mol. The lowest BCUT2D eigenvalue weighted by atomic mass is 10.0. The quantitative estimate of drug-likeness (QED) is 0.0484. The Balaban J connectivity index is 4.17. The van der Waals surface area contributed by atoms with E-state index in [9.17, 15) is 0 Å². The van der Waals surface area contributed by atoms with Gasteiger partial charge in [0.2, 0.25) is 0 Å². The van der Waals surface area contributed by atoms with Crippen LogP contribution >= 0.6 is 0 Å². The van der Waals surface area contributed by atoms with Crippen LogP contribution in [0.3, 0.4) is 0 Å². The maximum absolute atomic E-state index is 2.38. The molecule has 0 aliphatic heterocycles. The number of quaternary nitrogens is 1. The van der Waals surface area contributed by atoms with Crippen molar-refractivity contribution in [3.8, 4) is 0 Å². The Kier molecular flexibility index (Phi) is 36.4. The average Bonchev–Trinajstić information content (AvgIpc) is 3.01. The molecule has 0 atom stereocenters. The van der Waals surface area contributed by atoms with Gasteiger partial charge in [-0.05, 0) is 51.4 Å². The molecule has 0 N–H and O–H groups in total. The number of hydrogen-bond acceptors (Lipinski definition) is 0. The second kappa shape index (κ2) is 36.4. The second-order valence-electron chi connectivity index (χ2n) is 14.8. The zero-order chi connectivity index (χ0) is 31.4. The summed E-state index contributed by atoms with van der Waals surface area (Å²) in [5.74, 6) is 0. The van der Waals surface area contributed by atoms with Gasteiger partial charge in [0.1, 0.15) is 0 Å². The van der Waals surface area contributed by atoms with Gasteiger partial charge in [-0.15, -0.1) is 0 Å². The third-order valence-electron chi connectivity index (χ3n) is 10.4. The number of nitrogens with zero attached hydrogens (tertiary/aromatic N) is 1. The molecule has 0 aromatic rings. The molecule has 0 aromatic carbocycles. The Hall–Kier alpha value is -0.0400. The molecule has 0 unspecified atom stereocenters. The maximum atomic E-state index is 2.38. The van der Waals surface area contributed by atoms with Gasteiger partial charge >= 0.3 is 0 Å². The fourth-order valence-corrected chi connectivity index (χ4v) is 7.35. The lowest BCUT2D eigenvalue weighted by Gasteiger charge is -2.39. The summed E-state index contributed by atoms with van der Waals surface area (Å²) < 4.78 is 1.47. The first-order valence-electron chi connectivity index (χ1n) is 21.1. The van der Waals surface area contributed by atoms with Gasteiger partial charge in [0, 0.05) is 0 Å². The van der Waals surface area contributed by atoms with Gasteiger partial charge in [0.05, 0.1) is 26.2 Å². The fraction of sp³-hybridized carbons (Fsp3) is 1.00. The molecule has 260 valence electrons. The summed E-state index contributed by atoms with van der Waals surface area (Å²) in [5, 5.41) is 0. The molecule has 0 heterocycles. The Labute approximate surface area is 276 Å². The van der Waals surface area contributed by atoms with Crippen LogP contribution < -0.4 is 0 Å². The van der Waals surface area contributed by atoms with E-state index in [4.69, 9.17) is 0 Å². The minimum atomic E-state index is 1.37. The van der Waals surface area contributed by atoms with Gasteiger partial charge in [-0.25, -0.2) is 0 Å². The van der Waals surface area contributed by atoms with E-state index in [-0.39, 0.29) is 0 Å². The zero-order valence-electron chi connectivity index (χ0n) is 31.3. The van der Waals surface area contributed by atoms with Crippen molar-refractivity contribution in [3.63, 3.8) is 0 Å². The van der Waals surface area contributed by atoms with Gasteiger partial charge in [-0.2, -0.15) is 0 Å². The molecule has 0 aliphatic carbocycles. The van der Waals surface area contributed by atoms with Crippen molar-refractivity contribution >= 4 is 0 Å². The van der Waals surface area contributed by atoms with Gasteiger partial charge in [-0.1, -0.05) is 195 Å². The van der Waals surface area contributed by atoms with Crippen molar-refractivity contribution in [1.29, 1.82) is 0 Å². The third kappa shape index (κ3) is 31.7. The van der Waals surface area contributed by atoms with Crippen LogP contribution in [0.25, 0.3) is 0 Å². The second-order valence-corrected chi connectivity index (χ2v) is 14.8. The minimum absolute atomic E-state index is 1.37. The summed E-state index contributed by atoms with van der Waals surface area (Å²) in [6.45, 7) is 15.3. The predicted molar refractivity (Wildman–Crippen MR) is 199 cm³/mol. The van der Waals surface area contributed by atoms with Crippen LogP contribution in [-0.2, 0) is 0 Å². The van der Waals surface area contributed by atoms with Crippen LogP contribution in [0, 0.1) is 0 Å². The molecular formula is C42H88N+. The molecule has 0 aliphatic rings. The molecule has 0 radical (unpaired) electrons. The zero-order valence-corrected chi connectivity index (χ0v) is 31.3. The van der Waals surface area contributed by atoms with Crippen molar-refractivity contribution in [3.05, 3.63) is 0 Å². The fourth-order valence-electron chi connectivity index (χ4n) is 7.35. The van der Waals surface area contributed by atoms with Gasteiger partial charge in [0.25, 0.3) is 0 Å². The smallest absolute Gasteiger partial charge is 0.0786 e. The molecule has 1 heteroatoms. The van der Waals surface area contributed by atoms with Crippen molar-refractivity contribution in [1.82, 2.24) is 0 Å². The highest BCUT2D eigenvalue weighted by Gasteiger charge is 2.25. The molecule has 0 rings (SSSR count). The lowest BCUT2D eigenvalue weighted by Crippen LogP contribution is -2.50. The van der Waals surface area contributed by atoms with Crippen LogP contribution in [-0.4, -0.2) is 30.7 Å². The van der Waals surface area contributed by atoms with Gasteiger partial charge in [0.15, 0.2) is 0 Å². The van der Waals surface area contributed by atoms with E-state index in [1.807, 2.05) is 0 Å². The average molecular weight is 607 g/mol. The van der Waals surface area contributed by atoms with E-state index in [0.29, 0.717) is 0 Å². The molecule has 0 fully saturated rings. The van der Waals surface area contributed by atoms with Crippen molar-refractivity contribution in [2.75, 3.05) is 26.2 Å². The van der Waals surface area contributed by atoms with E-state index >= 15 is 0 Å². The molecular weight excluding hydrogens is 518 g/mol. The van der Waals surface area contributed by atoms with Crippen LogP contribution in [0.1, 0.15) is 246 Å². The summed E-state index contributed by atoms with van der Waals surface area (Å²) in [6, 6.07) is 0. The van der Waals surface area contributed by atoms with E-state index in [0.717, 1.165) is 0 Å². The van der Waals surface area contributed by atoms with E-state index in [1.54, 1.807) is 0 Å². The first kappa shape index (κ1) is 43.0. The third-order valence-corrected chi connectivity index (χ3v) is 10.4. The Morgan fingerprint density at radius 2 is 0.326 bits per heavy atom. The van der Waals surface area contributed by atoms with Crippen molar-refractivity contribution in [2.24, 2.45) is 0 Å². The predicted octanol–water partition coefficient (Wildman–Crippen LogP) is 15.1. The molecule has 0 amide bonds. The number of hydrogen-bond donors (Lipinski definition) is 0. The first-order valence-corrected chi connectivity index (χ1v) is 21.1. The lowest BCUT2D eigenvalue weighted by molar-refractivity contribution is -0.929. The van der Waals surface area contributed by atoms with E-state index in [2.05, 4.69) is 27.7 Å². The van der Waals surface area contributed by atoms with Crippen LogP contribution in [0.2, 0.25) is 0 Å². The highest BCUT2D eigenvalue weighted by atomic mass is 15.3. The van der Waals surface area contributed by atoms with Crippen molar-refractivity contribution in [2.45, 2.75) is 246 Å². The molecule has 1 nitrogen and oxygen atoms in total. The molecule has 0 bridgehead atoms. The number of rotatable bonds is 38. The normalized spacial score (nSPS) is 12.0. The Bertz CT molecular complexity index is 441. The SMILES string of the molecule is CCCCCCCCCCCCCCCC[N+](CCCCC)(CCCCC)CCCCCCCCCCCCCCCC. The highest BCUT2D eigenvalue weighted by molar-refractivity contribution is 4.55. The van der Waals surface area contributed by atoms with Gasteiger partial charge < -0.3 is 4.48 Å². The Morgan fingerprint density at radius 3 is 0.535 bits per heavy atom. The van der Waals surface area contributed by atoms with Crippen LogP contribution in [0.4, 0.5) is 0 Å². The van der Waals surface area contributed by atoms with E-state index in [1.165, 1.54) is 249 Å². The van der Waals surface area contributed by atoms with Gasteiger partial charge in [-0.3, -0.25) is 0 Å². The van der Waals surface area contributed by atoms with Crippen LogP contribution in [0.15, 0.2) is 0 Å². The topological polar surface area (TPSA) is 0 Å². The van der Waals surface area contributed by atoms with Crippen LogP contribution in [0.5, 0.6) is 0 Å². The standard InChI is InChI=1S/C42H88N/c1-5-9-13-15-17-19-21-23-25-27-29-31-33-37-41-43(39-35-11-7-3,40-36-12-8-4)42-38-34-32-30-28-26-24-22-20-18-16-14-10-6-2/h5-42H2,1-4H3/q+1. The van der Waals surface area contributed by atoms with E-state index < -0.39 is 0 Å². The molecule has 0 saturated carbocycles. The largest absolute Gasteiger partial charge is 0.324 e. The van der Waals surface area contributed by atoms with Crippen molar-refractivity contribution < 1.29 is 4.48 Å². The maximum Gasteiger partial charge on any atom is 0.0786 e. The molecule has 0 aromatic heterocycles. The summed E-state index contributed by atoms with van der Waals surface area (Å²) in [7, 11) is 0. The summed E-state index contributed by atoms with van der Waals surface area (Å²) in [5.41, 5.74) is 0. The molecule has 0 spiro atoms. The highest BCUT2D eigenvalue weighted by Crippen LogP contribution is 2.20. The summed E-state index contributed by atoms with van der Waals surface area (Å²) in [6.07, 6.45) is 49.7.